The molecule has 1 fully saturated rings. The number of carbonyl (C=O) groups is 2. The minimum atomic E-state index is -0.383. The Kier molecular flexibility index (Phi) is 8.68. The van der Waals surface area contributed by atoms with E-state index in [9.17, 15) is 9.59 Å². The molecule has 2 aromatic carbocycles. The minimum absolute atomic E-state index is 0.0659. The maximum Gasteiger partial charge on any atom is 0.337 e. The van der Waals surface area contributed by atoms with Gasteiger partial charge in [0, 0.05) is 41.9 Å². The summed E-state index contributed by atoms with van der Waals surface area (Å²) in [6.07, 6.45) is 2.88. The lowest BCUT2D eigenvalue weighted by Crippen LogP contribution is -2.33. The van der Waals surface area contributed by atoms with Crippen molar-refractivity contribution in [2.24, 2.45) is 0 Å². The highest BCUT2D eigenvalue weighted by Crippen LogP contribution is 2.41. The number of amides is 1. The van der Waals surface area contributed by atoms with Gasteiger partial charge in [-0.1, -0.05) is 37.3 Å². The lowest BCUT2D eigenvalue weighted by atomic mass is 9.96. The zero-order chi connectivity index (χ0) is 29.8. The number of hydrogen-bond donors (Lipinski definition) is 2. The number of methoxy groups -OCH3 is 1. The molecule has 2 N–H and O–H groups in total. The number of hydrogen-bond acceptors (Lipinski definition) is 5. The largest absolute Gasteiger partial charge is 0.465 e. The normalized spacial score (nSPS) is 16.3. The number of para-hydroxylation sites is 1. The van der Waals surface area contributed by atoms with E-state index >= 15 is 0 Å². The van der Waals surface area contributed by atoms with Crippen LogP contribution in [0.3, 0.4) is 0 Å². The van der Waals surface area contributed by atoms with Crippen LogP contribution in [-0.2, 0) is 16.0 Å². The van der Waals surface area contributed by atoms with E-state index in [-0.39, 0.29) is 30.4 Å². The molecule has 0 saturated carbocycles. The number of benzene rings is 2. The van der Waals surface area contributed by atoms with Crippen molar-refractivity contribution >= 4 is 34.9 Å². The first kappa shape index (κ1) is 29.0. The molecule has 1 saturated heterocycles. The van der Waals surface area contributed by atoms with Gasteiger partial charge in [-0.05, 0) is 86.1 Å². The van der Waals surface area contributed by atoms with Crippen LogP contribution in [0.25, 0.3) is 5.69 Å². The Balaban J connectivity index is 1.48. The molecule has 1 aliphatic heterocycles. The maximum absolute atomic E-state index is 13.1. The molecule has 2 aromatic heterocycles. The molecule has 0 bridgehead atoms. The van der Waals surface area contributed by atoms with Crippen molar-refractivity contribution in [1.82, 2.24) is 19.8 Å². The number of rotatable bonds is 9. The van der Waals surface area contributed by atoms with Crippen LogP contribution in [0.2, 0.25) is 0 Å². The lowest BCUT2D eigenvalue weighted by Gasteiger charge is -2.28. The van der Waals surface area contributed by atoms with Crippen LogP contribution in [0.1, 0.15) is 64.0 Å². The Labute approximate surface area is 251 Å². The van der Waals surface area contributed by atoms with Crippen molar-refractivity contribution in [3.05, 3.63) is 113 Å². The molecular weight excluding hydrogens is 546 g/mol. The van der Waals surface area contributed by atoms with Crippen LogP contribution in [0.15, 0.2) is 79.0 Å². The average Bonchev–Trinajstić information content (AvgIpc) is 3.50. The van der Waals surface area contributed by atoms with E-state index in [1.165, 1.54) is 7.11 Å². The number of esters is 1. The van der Waals surface area contributed by atoms with Gasteiger partial charge in [-0.3, -0.25) is 9.78 Å². The fourth-order valence-electron chi connectivity index (χ4n) is 5.74. The average molecular weight is 582 g/mol. The zero-order valence-electron chi connectivity index (χ0n) is 24.3. The number of nitrogens with one attached hydrogen (secondary N) is 2. The Morgan fingerprint density at radius 1 is 1.05 bits per heavy atom. The van der Waals surface area contributed by atoms with E-state index in [0.717, 1.165) is 46.0 Å². The molecule has 9 heteroatoms. The second kappa shape index (κ2) is 12.6. The second-order valence-corrected chi connectivity index (χ2v) is 10.7. The summed E-state index contributed by atoms with van der Waals surface area (Å²) >= 11 is 5.85. The summed E-state index contributed by atoms with van der Waals surface area (Å²) < 4.78 is 7.07. The van der Waals surface area contributed by atoms with E-state index in [1.54, 1.807) is 12.3 Å². The van der Waals surface area contributed by atoms with E-state index < -0.39 is 0 Å². The number of ether oxygens (including phenoxy) is 1. The third-order valence-corrected chi connectivity index (χ3v) is 8.12. The third-order valence-electron chi connectivity index (χ3n) is 7.76. The summed E-state index contributed by atoms with van der Waals surface area (Å²) in [4.78, 5) is 32.1. The van der Waals surface area contributed by atoms with Crippen LogP contribution >= 0.6 is 12.2 Å². The molecule has 1 aliphatic rings. The number of thiocarbonyl (C=S) groups is 1. The molecule has 216 valence electrons. The molecule has 0 spiro atoms. The first-order chi connectivity index (χ1) is 20.3. The summed E-state index contributed by atoms with van der Waals surface area (Å²) in [6.45, 7) is 6.61. The number of anilines is 1. The SMILES string of the molecule is CCc1ccccc1NC(=O)CCN1C(=S)NC(c2ccccn2)C1c1cc(C)n(-c2cccc(C(=O)OC)c2)c1C. The maximum atomic E-state index is 13.1. The fourth-order valence-corrected chi connectivity index (χ4v) is 6.08. The van der Waals surface area contributed by atoms with Gasteiger partial charge in [0.15, 0.2) is 5.11 Å². The van der Waals surface area contributed by atoms with Crippen molar-refractivity contribution < 1.29 is 14.3 Å². The molecule has 4 aromatic rings. The van der Waals surface area contributed by atoms with Gasteiger partial charge in [0.05, 0.1) is 30.5 Å². The van der Waals surface area contributed by atoms with Crippen LogP contribution < -0.4 is 10.6 Å². The number of aryl methyl sites for hydroxylation is 2. The minimum Gasteiger partial charge on any atom is -0.465 e. The van der Waals surface area contributed by atoms with E-state index in [4.69, 9.17) is 17.0 Å². The summed E-state index contributed by atoms with van der Waals surface area (Å²) in [7, 11) is 1.38. The zero-order valence-corrected chi connectivity index (χ0v) is 25.1. The van der Waals surface area contributed by atoms with Gasteiger partial charge >= 0.3 is 5.97 Å². The van der Waals surface area contributed by atoms with E-state index in [1.807, 2.05) is 67.6 Å². The molecule has 0 aliphatic carbocycles. The quantitative estimate of drug-likeness (QED) is 0.190. The van der Waals surface area contributed by atoms with Gasteiger partial charge < -0.3 is 24.8 Å². The van der Waals surface area contributed by atoms with Crippen molar-refractivity contribution in [2.75, 3.05) is 19.0 Å². The van der Waals surface area contributed by atoms with Gasteiger partial charge in [-0.15, -0.1) is 0 Å². The van der Waals surface area contributed by atoms with E-state index in [0.29, 0.717) is 17.2 Å². The number of pyridine rings is 1. The molecule has 2 atom stereocenters. The Morgan fingerprint density at radius 3 is 2.57 bits per heavy atom. The second-order valence-electron chi connectivity index (χ2n) is 10.3. The van der Waals surface area contributed by atoms with Gasteiger partial charge in [0.2, 0.25) is 5.91 Å². The Hall–Kier alpha value is -4.50. The molecule has 2 unspecified atom stereocenters. The molecule has 8 nitrogen and oxygen atoms in total. The molecule has 3 heterocycles. The topological polar surface area (TPSA) is 88.5 Å². The van der Waals surface area contributed by atoms with Crippen molar-refractivity contribution in [3.8, 4) is 5.69 Å². The highest BCUT2D eigenvalue weighted by Gasteiger charge is 2.41. The standard InChI is InChI=1S/C33H35N5O3S/c1-5-23-11-6-7-14-27(23)35-29(39)16-18-37-31(30(36-33(37)42)28-15-8-9-17-34-28)26-19-21(2)38(22(26)3)25-13-10-12-24(20-25)32(40)41-4/h6-15,17,19-20,30-31H,5,16,18H2,1-4H3,(H,35,39)(H,36,42). The highest BCUT2D eigenvalue weighted by atomic mass is 32.1. The van der Waals surface area contributed by atoms with Crippen molar-refractivity contribution in [2.45, 2.75) is 45.7 Å². The summed E-state index contributed by atoms with van der Waals surface area (Å²) in [5, 5.41) is 7.14. The van der Waals surface area contributed by atoms with Gasteiger partial charge in [-0.2, -0.15) is 0 Å². The van der Waals surface area contributed by atoms with E-state index in [2.05, 4.69) is 45.0 Å². The van der Waals surface area contributed by atoms with Gasteiger partial charge in [0.25, 0.3) is 0 Å². The van der Waals surface area contributed by atoms with Crippen LogP contribution in [0.4, 0.5) is 5.69 Å². The summed E-state index contributed by atoms with van der Waals surface area (Å²) in [5.41, 5.74) is 7.24. The summed E-state index contributed by atoms with van der Waals surface area (Å²) in [5.74, 6) is -0.449. The molecule has 5 rings (SSSR count). The lowest BCUT2D eigenvalue weighted by molar-refractivity contribution is -0.116. The monoisotopic (exact) mass is 581 g/mol. The first-order valence-electron chi connectivity index (χ1n) is 14.1. The van der Waals surface area contributed by atoms with Crippen LogP contribution in [0.5, 0.6) is 0 Å². The number of aromatic nitrogens is 2. The molecule has 1 amide bonds. The predicted octanol–water partition coefficient (Wildman–Crippen LogP) is 5.84. The fraction of sp³-hybridized carbons (Fsp3) is 0.273. The Morgan fingerprint density at radius 2 is 1.83 bits per heavy atom. The smallest absolute Gasteiger partial charge is 0.337 e. The summed E-state index contributed by atoms with van der Waals surface area (Å²) in [6, 6.07) is 22.9. The molecular formula is C33H35N5O3S. The first-order valence-corrected chi connectivity index (χ1v) is 14.5. The number of carbonyl (C=O) groups excluding carboxylic acids is 2. The van der Waals surface area contributed by atoms with Crippen LogP contribution in [0, 0.1) is 13.8 Å². The number of nitrogens with zero attached hydrogens (tertiary/aromatic N) is 3. The molecule has 42 heavy (non-hydrogen) atoms. The predicted molar refractivity (Wildman–Crippen MR) is 168 cm³/mol. The van der Waals surface area contributed by atoms with Crippen molar-refractivity contribution in [1.29, 1.82) is 0 Å². The molecule has 0 radical (unpaired) electrons. The highest BCUT2D eigenvalue weighted by molar-refractivity contribution is 7.80. The van der Waals surface area contributed by atoms with Crippen molar-refractivity contribution in [3.63, 3.8) is 0 Å². The van der Waals surface area contributed by atoms with Crippen LogP contribution in [-0.4, -0.2) is 45.1 Å². The Bertz CT molecular complexity index is 1620. The third kappa shape index (κ3) is 5.78. The van der Waals surface area contributed by atoms with Gasteiger partial charge in [0.1, 0.15) is 0 Å². The van der Waals surface area contributed by atoms with Gasteiger partial charge in [-0.25, -0.2) is 4.79 Å².